The van der Waals surface area contributed by atoms with Crippen LogP contribution in [0.2, 0.25) is 0 Å². The van der Waals surface area contributed by atoms with E-state index in [0.717, 1.165) is 38.2 Å². The fourth-order valence-electron chi connectivity index (χ4n) is 6.81. The summed E-state index contributed by atoms with van der Waals surface area (Å²) in [6, 6.07) is 8.92. The van der Waals surface area contributed by atoms with Crippen LogP contribution in [0.25, 0.3) is 0 Å². The van der Waals surface area contributed by atoms with Gasteiger partial charge < -0.3 is 19.9 Å². The number of carbonyl (C=O) groups is 1. The molecule has 33 heavy (non-hydrogen) atoms. The SMILES string of the molecule is CCN1CCC2(c3cccc(OC)c3)C=C3NC(C(=O)N(C(C)C)C(C)C)C(C)C3CC2C1. The lowest BCUT2D eigenvalue weighted by atomic mass is 9.59. The fraction of sp³-hybridized carbons (Fsp3) is 0.679. The molecule has 5 heteroatoms. The minimum Gasteiger partial charge on any atom is -0.497 e. The molecule has 1 aliphatic carbocycles. The van der Waals surface area contributed by atoms with Gasteiger partial charge >= 0.3 is 0 Å². The number of piperidine rings is 1. The van der Waals surface area contributed by atoms with Crippen molar-refractivity contribution in [1.82, 2.24) is 15.1 Å². The number of fused-ring (bicyclic) bond motifs is 2. The maximum Gasteiger partial charge on any atom is 0.245 e. The first kappa shape index (κ1) is 24.1. The zero-order valence-electron chi connectivity index (χ0n) is 21.6. The van der Waals surface area contributed by atoms with Gasteiger partial charge in [0, 0.05) is 35.7 Å². The number of carbonyl (C=O) groups excluding carboxylic acids is 1. The number of nitrogens with one attached hydrogen (secondary N) is 1. The summed E-state index contributed by atoms with van der Waals surface area (Å²) in [5.41, 5.74) is 2.63. The maximum atomic E-state index is 13.6. The van der Waals surface area contributed by atoms with E-state index in [2.05, 4.69) is 80.9 Å². The minimum atomic E-state index is -0.143. The molecule has 1 aromatic carbocycles. The van der Waals surface area contributed by atoms with E-state index in [1.165, 1.54) is 11.3 Å². The number of ether oxygens (including phenoxy) is 1. The molecular formula is C28H43N3O2. The van der Waals surface area contributed by atoms with Gasteiger partial charge in [-0.05, 0) is 83.2 Å². The van der Waals surface area contributed by atoms with Gasteiger partial charge in [-0.1, -0.05) is 32.1 Å². The summed E-state index contributed by atoms with van der Waals surface area (Å²) in [5.74, 6) is 2.42. The normalized spacial score (nSPS) is 31.6. The summed E-state index contributed by atoms with van der Waals surface area (Å²) >= 11 is 0. The Balaban J connectivity index is 1.71. The van der Waals surface area contributed by atoms with Crippen LogP contribution in [0.4, 0.5) is 0 Å². The van der Waals surface area contributed by atoms with Crippen molar-refractivity contribution >= 4 is 5.91 Å². The van der Waals surface area contributed by atoms with Crippen LogP contribution < -0.4 is 10.1 Å². The van der Waals surface area contributed by atoms with Crippen LogP contribution in [0.15, 0.2) is 36.0 Å². The van der Waals surface area contributed by atoms with E-state index in [-0.39, 0.29) is 29.4 Å². The smallest absolute Gasteiger partial charge is 0.245 e. The summed E-state index contributed by atoms with van der Waals surface area (Å²) in [5, 5.41) is 3.74. The first-order chi connectivity index (χ1) is 15.7. The van der Waals surface area contributed by atoms with Gasteiger partial charge in [-0.2, -0.15) is 0 Å². The van der Waals surface area contributed by atoms with Crippen molar-refractivity contribution in [2.45, 2.75) is 77.9 Å². The van der Waals surface area contributed by atoms with Gasteiger partial charge in [0.2, 0.25) is 5.91 Å². The van der Waals surface area contributed by atoms with E-state index in [0.29, 0.717) is 17.8 Å². The van der Waals surface area contributed by atoms with E-state index in [4.69, 9.17) is 4.74 Å². The Bertz CT molecular complexity index is 887. The molecule has 0 bridgehead atoms. The predicted molar refractivity (Wildman–Crippen MR) is 134 cm³/mol. The molecule has 2 aliphatic heterocycles. The third-order valence-electron chi connectivity index (χ3n) is 8.57. The van der Waals surface area contributed by atoms with E-state index >= 15 is 0 Å². The number of hydrogen-bond acceptors (Lipinski definition) is 4. The predicted octanol–water partition coefficient (Wildman–Crippen LogP) is 4.43. The van der Waals surface area contributed by atoms with Gasteiger partial charge in [0.15, 0.2) is 0 Å². The minimum absolute atomic E-state index is 0.00746. The summed E-state index contributed by atoms with van der Waals surface area (Å²) < 4.78 is 5.59. The molecule has 0 saturated carbocycles. The molecule has 2 heterocycles. The van der Waals surface area contributed by atoms with Crippen LogP contribution in [0, 0.1) is 17.8 Å². The highest BCUT2D eigenvalue weighted by Gasteiger charge is 2.52. The van der Waals surface area contributed by atoms with Crippen LogP contribution in [0.1, 0.15) is 59.9 Å². The quantitative estimate of drug-likeness (QED) is 0.692. The average Bonchev–Trinajstić information content (AvgIpc) is 3.11. The Morgan fingerprint density at radius 2 is 2.00 bits per heavy atom. The lowest BCUT2D eigenvalue weighted by Crippen LogP contribution is -2.51. The number of likely N-dealkylation sites (tertiary alicyclic amines) is 1. The molecule has 3 aliphatic rings. The molecule has 5 nitrogen and oxygen atoms in total. The lowest BCUT2D eigenvalue weighted by molar-refractivity contribution is -0.137. The monoisotopic (exact) mass is 453 g/mol. The van der Waals surface area contributed by atoms with Gasteiger partial charge in [0.1, 0.15) is 11.8 Å². The zero-order chi connectivity index (χ0) is 23.9. The lowest BCUT2D eigenvalue weighted by Gasteiger charge is -2.50. The summed E-state index contributed by atoms with van der Waals surface area (Å²) in [6.07, 6.45) is 4.75. The highest BCUT2D eigenvalue weighted by Crippen LogP contribution is 2.52. The van der Waals surface area contributed by atoms with Crippen molar-refractivity contribution in [3.05, 3.63) is 41.6 Å². The molecular weight excluding hydrogens is 410 g/mol. The second-order valence-corrected chi connectivity index (χ2v) is 11.0. The van der Waals surface area contributed by atoms with Crippen LogP contribution in [0.5, 0.6) is 5.75 Å². The topological polar surface area (TPSA) is 44.8 Å². The number of benzene rings is 1. The van der Waals surface area contributed by atoms with E-state index in [1.807, 2.05) is 6.07 Å². The van der Waals surface area contributed by atoms with Crippen LogP contribution in [-0.4, -0.2) is 60.6 Å². The highest BCUT2D eigenvalue weighted by molar-refractivity contribution is 5.84. The fourth-order valence-corrected chi connectivity index (χ4v) is 6.81. The number of rotatable bonds is 6. The van der Waals surface area contributed by atoms with Gasteiger partial charge in [-0.3, -0.25) is 4.79 Å². The van der Waals surface area contributed by atoms with Crippen LogP contribution in [0.3, 0.4) is 0 Å². The van der Waals surface area contributed by atoms with Crippen molar-refractivity contribution in [1.29, 1.82) is 0 Å². The molecule has 0 radical (unpaired) electrons. The number of allylic oxidation sites excluding steroid dienone is 2. The largest absolute Gasteiger partial charge is 0.497 e. The Hall–Kier alpha value is -2.01. The summed E-state index contributed by atoms with van der Waals surface area (Å²) in [7, 11) is 1.74. The number of hydrogen-bond donors (Lipinski definition) is 1. The number of nitrogens with zero attached hydrogens (tertiary/aromatic N) is 2. The van der Waals surface area contributed by atoms with Gasteiger partial charge in [-0.15, -0.1) is 0 Å². The molecule has 1 N–H and O–H groups in total. The van der Waals surface area contributed by atoms with Crippen molar-refractivity contribution in [3.63, 3.8) is 0 Å². The molecule has 2 saturated heterocycles. The standard InChI is InChI=1S/C28H43N3O2/c1-8-30-13-12-28(21-10-9-11-23(14-21)33-7)16-25-24(15-22(28)17-30)20(6)26(29-25)27(32)31(18(2)3)19(4)5/h9-11,14,16,18-20,22,24,26,29H,8,12-13,15,17H2,1-7H3. The van der Waals surface area contributed by atoms with Crippen molar-refractivity contribution < 1.29 is 9.53 Å². The van der Waals surface area contributed by atoms with E-state index in [1.54, 1.807) is 7.11 Å². The summed E-state index contributed by atoms with van der Waals surface area (Å²) in [4.78, 5) is 18.3. The first-order valence-electron chi connectivity index (χ1n) is 12.9. The van der Waals surface area contributed by atoms with Crippen LogP contribution in [-0.2, 0) is 10.2 Å². The van der Waals surface area contributed by atoms with Crippen molar-refractivity contribution in [2.24, 2.45) is 17.8 Å². The zero-order valence-corrected chi connectivity index (χ0v) is 21.6. The number of amides is 1. The van der Waals surface area contributed by atoms with Gasteiger partial charge in [0.25, 0.3) is 0 Å². The summed E-state index contributed by atoms with van der Waals surface area (Å²) in [6.45, 7) is 16.3. The maximum absolute atomic E-state index is 13.6. The molecule has 5 atom stereocenters. The Labute approximate surface area is 200 Å². The first-order valence-corrected chi connectivity index (χ1v) is 12.9. The van der Waals surface area contributed by atoms with E-state index in [9.17, 15) is 4.79 Å². The molecule has 0 aromatic heterocycles. The molecule has 4 rings (SSSR count). The average molecular weight is 454 g/mol. The highest BCUT2D eigenvalue weighted by atomic mass is 16.5. The van der Waals surface area contributed by atoms with Gasteiger partial charge in [0.05, 0.1) is 7.11 Å². The molecule has 0 spiro atoms. The number of methoxy groups -OCH3 is 1. The molecule has 182 valence electrons. The third kappa shape index (κ3) is 4.18. The Morgan fingerprint density at radius 1 is 1.27 bits per heavy atom. The molecule has 1 amide bonds. The molecule has 2 fully saturated rings. The van der Waals surface area contributed by atoms with Crippen LogP contribution >= 0.6 is 0 Å². The third-order valence-corrected chi connectivity index (χ3v) is 8.57. The van der Waals surface area contributed by atoms with Crippen molar-refractivity contribution in [2.75, 3.05) is 26.7 Å². The Kier molecular flexibility index (Phi) is 6.82. The molecule has 5 unspecified atom stereocenters. The second-order valence-electron chi connectivity index (χ2n) is 11.0. The second kappa shape index (κ2) is 9.32. The molecule has 1 aromatic rings. The Morgan fingerprint density at radius 3 is 2.64 bits per heavy atom. The van der Waals surface area contributed by atoms with Gasteiger partial charge in [-0.25, -0.2) is 0 Å². The van der Waals surface area contributed by atoms with E-state index < -0.39 is 0 Å². The van der Waals surface area contributed by atoms with Crippen molar-refractivity contribution in [3.8, 4) is 5.75 Å².